The zero-order chi connectivity index (χ0) is 13.8. The number of hydrogen-bond donors (Lipinski definition) is 1. The molecule has 0 spiro atoms. The highest BCUT2D eigenvalue weighted by atomic mass is 127. The van der Waals surface area contributed by atoms with Crippen LogP contribution in [0.4, 0.5) is 0 Å². The Hall–Kier alpha value is -0.590. The monoisotopic (exact) mass is 431 g/mol. The third-order valence-electron chi connectivity index (χ3n) is 2.93. The summed E-state index contributed by atoms with van der Waals surface area (Å²) in [4.78, 5) is 0. The Morgan fingerprint density at radius 1 is 1.16 bits per heavy atom. The molecule has 0 radical (unpaired) electrons. The number of ether oxygens (including phenoxy) is 1. The molecule has 0 aliphatic heterocycles. The molecule has 1 N–H and O–H groups in total. The fourth-order valence-electron chi connectivity index (χ4n) is 1.76. The maximum Gasteiger partial charge on any atom is 0.140 e. The number of hydrogen-bond acceptors (Lipinski definition) is 2. The molecule has 1 atom stereocenters. The van der Waals surface area contributed by atoms with Crippen LogP contribution < -0.4 is 10.1 Å². The number of nitrogens with one attached hydrogen (secondary N) is 1. The molecule has 100 valence electrons. The highest BCUT2D eigenvalue weighted by Crippen LogP contribution is 2.33. The molecule has 0 aliphatic carbocycles. The average molecular weight is 432 g/mol. The van der Waals surface area contributed by atoms with Crippen LogP contribution in [-0.4, -0.2) is 7.05 Å². The number of rotatable bonds is 4. The molecule has 2 nitrogen and oxygen atoms in total. The van der Waals surface area contributed by atoms with Crippen molar-refractivity contribution in [2.75, 3.05) is 7.05 Å². The second-order valence-electron chi connectivity index (χ2n) is 4.22. The van der Waals surface area contributed by atoms with E-state index >= 15 is 0 Å². The standard InChI is InChI=1S/C15H15BrINO/c1-10(18-2)12-8-7-11(16)9-15(12)19-14-6-4-3-5-13(14)17/h3-10,18H,1-2H3. The third kappa shape index (κ3) is 3.70. The molecular formula is C15H15BrINO. The van der Waals surface area contributed by atoms with E-state index in [1.807, 2.05) is 43.4 Å². The van der Waals surface area contributed by atoms with Crippen molar-refractivity contribution in [3.05, 3.63) is 56.1 Å². The number of benzene rings is 2. The van der Waals surface area contributed by atoms with Gasteiger partial charge in [-0.3, -0.25) is 0 Å². The van der Waals surface area contributed by atoms with Crippen LogP contribution in [0.5, 0.6) is 11.5 Å². The second kappa shape index (κ2) is 6.72. The molecule has 0 heterocycles. The van der Waals surface area contributed by atoms with Gasteiger partial charge >= 0.3 is 0 Å². The number of para-hydroxylation sites is 1. The van der Waals surface area contributed by atoms with Crippen LogP contribution in [0.3, 0.4) is 0 Å². The van der Waals surface area contributed by atoms with Gasteiger partial charge in [-0.1, -0.05) is 34.1 Å². The molecule has 4 heteroatoms. The molecule has 0 aromatic heterocycles. The van der Waals surface area contributed by atoms with Crippen molar-refractivity contribution in [1.82, 2.24) is 5.32 Å². The van der Waals surface area contributed by atoms with Gasteiger partial charge in [-0.2, -0.15) is 0 Å². The molecule has 2 aromatic rings. The van der Waals surface area contributed by atoms with Gasteiger partial charge in [0, 0.05) is 16.1 Å². The van der Waals surface area contributed by atoms with Crippen molar-refractivity contribution in [1.29, 1.82) is 0 Å². The quantitative estimate of drug-likeness (QED) is 0.678. The SMILES string of the molecule is CNC(C)c1ccc(Br)cc1Oc1ccccc1I. The topological polar surface area (TPSA) is 21.3 Å². The van der Waals surface area contributed by atoms with Crippen LogP contribution >= 0.6 is 38.5 Å². The maximum atomic E-state index is 6.07. The van der Waals surface area contributed by atoms with E-state index in [0.717, 1.165) is 25.1 Å². The van der Waals surface area contributed by atoms with E-state index in [-0.39, 0.29) is 6.04 Å². The smallest absolute Gasteiger partial charge is 0.140 e. The molecule has 2 rings (SSSR count). The molecule has 0 bridgehead atoms. The van der Waals surface area contributed by atoms with E-state index in [0.29, 0.717) is 0 Å². The number of halogens is 2. The van der Waals surface area contributed by atoms with E-state index in [2.05, 4.69) is 56.8 Å². The highest BCUT2D eigenvalue weighted by Gasteiger charge is 2.12. The lowest BCUT2D eigenvalue weighted by Crippen LogP contribution is -2.13. The van der Waals surface area contributed by atoms with Crippen molar-refractivity contribution in [3.63, 3.8) is 0 Å². The first-order chi connectivity index (χ1) is 9.11. The molecule has 0 fully saturated rings. The van der Waals surface area contributed by atoms with Gasteiger partial charge in [-0.05, 0) is 60.8 Å². The minimum Gasteiger partial charge on any atom is -0.456 e. The summed E-state index contributed by atoms with van der Waals surface area (Å²) >= 11 is 5.78. The van der Waals surface area contributed by atoms with E-state index in [1.54, 1.807) is 0 Å². The van der Waals surface area contributed by atoms with Crippen molar-refractivity contribution in [2.45, 2.75) is 13.0 Å². The zero-order valence-corrected chi connectivity index (χ0v) is 14.5. The van der Waals surface area contributed by atoms with Crippen molar-refractivity contribution in [2.24, 2.45) is 0 Å². The molecule has 1 unspecified atom stereocenters. The van der Waals surface area contributed by atoms with E-state index in [4.69, 9.17) is 4.74 Å². The first kappa shape index (κ1) is 14.8. The molecule has 0 aliphatic rings. The molecule has 19 heavy (non-hydrogen) atoms. The molecule has 0 saturated heterocycles. The van der Waals surface area contributed by atoms with Gasteiger partial charge in [-0.15, -0.1) is 0 Å². The maximum absolute atomic E-state index is 6.07. The summed E-state index contributed by atoms with van der Waals surface area (Å²) < 4.78 is 8.18. The second-order valence-corrected chi connectivity index (χ2v) is 6.30. The Bertz CT molecular complexity index is 574. The van der Waals surface area contributed by atoms with Gasteiger partial charge in [0.2, 0.25) is 0 Å². The summed E-state index contributed by atoms with van der Waals surface area (Å²) in [6.45, 7) is 2.12. The molecule has 0 saturated carbocycles. The normalized spacial score (nSPS) is 12.2. The Morgan fingerprint density at radius 2 is 1.89 bits per heavy atom. The lowest BCUT2D eigenvalue weighted by atomic mass is 10.1. The Morgan fingerprint density at radius 3 is 2.58 bits per heavy atom. The zero-order valence-electron chi connectivity index (χ0n) is 10.8. The van der Waals surface area contributed by atoms with Crippen LogP contribution in [0.25, 0.3) is 0 Å². The van der Waals surface area contributed by atoms with Gasteiger partial charge in [0.15, 0.2) is 0 Å². The van der Waals surface area contributed by atoms with Gasteiger partial charge in [0.05, 0.1) is 3.57 Å². The summed E-state index contributed by atoms with van der Waals surface area (Å²) in [5.41, 5.74) is 1.14. The van der Waals surface area contributed by atoms with E-state index in [9.17, 15) is 0 Å². The van der Waals surface area contributed by atoms with Crippen molar-refractivity contribution < 1.29 is 4.74 Å². The lowest BCUT2D eigenvalue weighted by Gasteiger charge is -2.17. The summed E-state index contributed by atoms with van der Waals surface area (Å²) in [7, 11) is 1.95. The average Bonchev–Trinajstić information content (AvgIpc) is 2.41. The predicted octanol–water partition coefficient (Wildman–Crippen LogP) is 5.13. The Kier molecular flexibility index (Phi) is 5.24. The van der Waals surface area contributed by atoms with Gasteiger partial charge in [0.1, 0.15) is 11.5 Å². The molecule has 0 amide bonds. The third-order valence-corrected chi connectivity index (χ3v) is 4.32. The lowest BCUT2D eigenvalue weighted by molar-refractivity contribution is 0.463. The van der Waals surface area contributed by atoms with Crippen LogP contribution in [-0.2, 0) is 0 Å². The molecule has 2 aromatic carbocycles. The summed E-state index contributed by atoms with van der Waals surface area (Å²) in [5, 5.41) is 3.24. The van der Waals surface area contributed by atoms with E-state index < -0.39 is 0 Å². The fraction of sp³-hybridized carbons (Fsp3) is 0.200. The van der Waals surface area contributed by atoms with Crippen LogP contribution in [0.15, 0.2) is 46.9 Å². The Balaban J connectivity index is 2.38. The largest absolute Gasteiger partial charge is 0.456 e. The predicted molar refractivity (Wildman–Crippen MR) is 90.8 cm³/mol. The van der Waals surface area contributed by atoms with Crippen LogP contribution in [0.2, 0.25) is 0 Å². The summed E-state index contributed by atoms with van der Waals surface area (Å²) in [6, 6.07) is 14.4. The molecular weight excluding hydrogens is 417 g/mol. The summed E-state index contributed by atoms with van der Waals surface area (Å²) in [5.74, 6) is 1.76. The minimum absolute atomic E-state index is 0.240. The minimum atomic E-state index is 0.240. The first-order valence-corrected chi connectivity index (χ1v) is 7.88. The summed E-state index contributed by atoms with van der Waals surface area (Å²) in [6.07, 6.45) is 0. The van der Waals surface area contributed by atoms with Crippen LogP contribution in [0, 0.1) is 3.57 Å². The van der Waals surface area contributed by atoms with Gasteiger partial charge in [0.25, 0.3) is 0 Å². The fourth-order valence-corrected chi connectivity index (χ4v) is 2.59. The van der Waals surface area contributed by atoms with Crippen LogP contribution in [0.1, 0.15) is 18.5 Å². The highest BCUT2D eigenvalue weighted by molar-refractivity contribution is 14.1. The first-order valence-electron chi connectivity index (χ1n) is 6.01. The Labute approximate surface area is 135 Å². The van der Waals surface area contributed by atoms with Gasteiger partial charge in [-0.25, -0.2) is 0 Å². The van der Waals surface area contributed by atoms with E-state index in [1.165, 1.54) is 0 Å². The van der Waals surface area contributed by atoms with Gasteiger partial charge < -0.3 is 10.1 Å². The van der Waals surface area contributed by atoms with Crippen molar-refractivity contribution in [3.8, 4) is 11.5 Å². The van der Waals surface area contributed by atoms with Crippen molar-refractivity contribution >= 4 is 38.5 Å².